The lowest BCUT2D eigenvalue weighted by Crippen LogP contribution is -2.56. The van der Waals surface area contributed by atoms with Gasteiger partial charge in [0.25, 0.3) is 16.1 Å². The molecule has 3 atom stereocenters. The Bertz CT molecular complexity index is 1220. The van der Waals surface area contributed by atoms with Crippen molar-refractivity contribution in [2.24, 2.45) is 5.92 Å². The maximum atomic E-state index is 13.2. The van der Waals surface area contributed by atoms with Crippen molar-refractivity contribution in [3.8, 4) is 0 Å². The van der Waals surface area contributed by atoms with E-state index in [-0.39, 0.29) is 17.7 Å². The number of anilines is 1. The molecule has 0 bridgehead atoms. The predicted octanol–water partition coefficient (Wildman–Crippen LogP) is 2.09. The summed E-state index contributed by atoms with van der Waals surface area (Å²) in [7, 11) is 1.46. The summed E-state index contributed by atoms with van der Waals surface area (Å²) in [6.45, 7) is 1.64. The van der Waals surface area contributed by atoms with E-state index in [2.05, 4.69) is 24.6 Å². The fourth-order valence-corrected chi connectivity index (χ4v) is 7.02. The molecule has 2 heterocycles. The number of hydrogen-bond donors (Lipinski definition) is 3. The molecule has 10 nitrogen and oxygen atoms in total. The molecule has 0 radical (unpaired) electrons. The minimum atomic E-state index is -3.95. The van der Waals surface area contributed by atoms with Gasteiger partial charge in [0.15, 0.2) is 5.01 Å². The van der Waals surface area contributed by atoms with Gasteiger partial charge in [-0.3, -0.25) is 14.3 Å². The molecule has 1 fully saturated rings. The summed E-state index contributed by atoms with van der Waals surface area (Å²) in [6, 6.07) is 5.14. The molecule has 1 saturated carbocycles. The zero-order valence-corrected chi connectivity index (χ0v) is 22.8. The van der Waals surface area contributed by atoms with Crippen molar-refractivity contribution in [2.45, 2.75) is 44.3 Å². The first-order valence-corrected chi connectivity index (χ1v) is 14.4. The van der Waals surface area contributed by atoms with Crippen LogP contribution in [0.25, 0.3) is 0 Å². The Hall–Kier alpha value is -2.25. The van der Waals surface area contributed by atoms with Crippen LogP contribution in [0.5, 0.6) is 0 Å². The van der Waals surface area contributed by atoms with E-state index >= 15 is 0 Å². The van der Waals surface area contributed by atoms with E-state index in [4.69, 9.17) is 11.6 Å². The Morgan fingerprint density at radius 1 is 1.17 bits per heavy atom. The zero-order valence-electron chi connectivity index (χ0n) is 20.5. The van der Waals surface area contributed by atoms with Crippen molar-refractivity contribution in [1.29, 1.82) is 0 Å². The Balaban J connectivity index is 1.50. The van der Waals surface area contributed by atoms with E-state index in [9.17, 15) is 18.0 Å². The standard InChI is InChI=1S/C23H31ClN6O4S2/c1-29(2)23(32)14-4-9-17(28-36(33,34)27-16-7-5-15(24)6-8-16)19(12-14)25-21(31)22-26-18-10-11-30(3)13-20(18)35-22/h5-8,14,17,19,27-28H,4,9-13H2,1-3H3,(H,25,31)/t14?,17-,19+/m0/s1. The number of nitrogens with zero attached hydrogens (tertiary/aromatic N) is 3. The summed E-state index contributed by atoms with van der Waals surface area (Å²) in [4.78, 5) is 35.2. The predicted molar refractivity (Wildman–Crippen MR) is 140 cm³/mol. The monoisotopic (exact) mass is 554 g/mol. The smallest absolute Gasteiger partial charge is 0.299 e. The lowest BCUT2D eigenvalue weighted by atomic mass is 9.82. The Kier molecular flexibility index (Phi) is 8.20. The highest BCUT2D eigenvalue weighted by Gasteiger charge is 2.38. The number of carbonyl (C=O) groups is 2. The Labute approximate surface area is 220 Å². The van der Waals surface area contributed by atoms with Gasteiger partial charge < -0.3 is 15.1 Å². The van der Waals surface area contributed by atoms with Gasteiger partial charge in [-0.1, -0.05) is 11.6 Å². The van der Waals surface area contributed by atoms with Crippen LogP contribution < -0.4 is 14.8 Å². The number of amides is 2. The molecule has 13 heteroatoms. The summed E-state index contributed by atoms with van der Waals surface area (Å²) < 4.78 is 30.9. The van der Waals surface area contributed by atoms with E-state index in [0.717, 1.165) is 30.1 Å². The van der Waals surface area contributed by atoms with Crippen LogP contribution in [-0.2, 0) is 28.0 Å². The van der Waals surface area contributed by atoms with Gasteiger partial charge >= 0.3 is 0 Å². The number of thiazole rings is 1. The van der Waals surface area contributed by atoms with Gasteiger partial charge in [-0.05, 0) is 50.6 Å². The van der Waals surface area contributed by atoms with E-state index in [1.807, 2.05) is 7.05 Å². The van der Waals surface area contributed by atoms with Crippen LogP contribution in [0.3, 0.4) is 0 Å². The maximum absolute atomic E-state index is 13.2. The van der Waals surface area contributed by atoms with Crippen molar-refractivity contribution in [3.05, 3.63) is 44.9 Å². The number of nitrogens with one attached hydrogen (secondary N) is 3. The molecular weight excluding hydrogens is 524 g/mol. The summed E-state index contributed by atoms with van der Waals surface area (Å²) in [5, 5.41) is 3.83. The van der Waals surface area contributed by atoms with Gasteiger partial charge in [-0.15, -0.1) is 11.3 Å². The zero-order chi connectivity index (χ0) is 26.0. The van der Waals surface area contributed by atoms with Crippen LogP contribution in [0.1, 0.15) is 39.6 Å². The van der Waals surface area contributed by atoms with Crippen molar-refractivity contribution in [1.82, 2.24) is 24.8 Å². The van der Waals surface area contributed by atoms with Gasteiger partial charge in [0.2, 0.25) is 5.91 Å². The van der Waals surface area contributed by atoms with Crippen molar-refractivity contribution in [2.75, 3.05) is 32.4 Å². The summed E-state index contributed by atoms with van der Waals surface area (Å²) in [5.41, 5.74) is 1.30. The summed E-state index contributed by atoms with van der Waals surface area (Å²) in [5.74, 6) is -0.703. The van der Waals surface area contributed by atoms with Gasteiger partial charge in [0, 0.05) is 67.2 Å². The molecule has 1 aliphatic carbocycles. The second kappa shape index (κ2) is 11.0. The van der Waals surface area contributed by atoms with Crippen LogP contribution in [0.4, 0.5) is 5.69 Å². The molecule has 2 aliphatic rings. The fourth-order valence-electron chi connectivity index (χ4n) is 4.61. The number of aromatic nitrogens is 1. The Morgan fingerprint density at radius 3 is 2.58 bits per heavy atom. The maximum Gasteiger partial charge on any atom is 0.299 e. The number of likely N-dealkylation sites (N-methyl/N-ethyl adjacent to an activating group) is 1. The first-order chi connectivity index (χ1) is 17.0. The first-order valence-electron chi connectivity index (χ1n) is 11.8. The normalized spacial score (nSPS) is 22.5. The second-order valence-electron chi connectivity index (χ2n) is 9.54. The molecule has 1 unspecified atom stereocenters. The molecule has 0 spiro atoms. The first kappa shape index (κ1) is 26.8. The van der Waals surface area contributed by atoms with E-state index in [1.54, 1.807) is 38.4 Å². The average molecular weight is 555 g/mol. The minimum Gasteiger partial charge on any atom is -0.349 e. The number of carbonyl (C=O) groups excluding carboxylic acids is 2. The molecule has 0 saturated heterocycles. The van der Waals surface area contributed by atoms with Gasteiger partial charge in [0.1, 0.15) is 0 Å². The third-order valence-corrected chi connectivity index (χ3v) is 8.93. The topological polar surface area (TPSA) is 124 Å². The highest BCUT2D eigenvalue weighted by molar-refractivity contribution is 7.90. The van der Waals surface area contributed by atoms with Crippen LogP contribution in [0, 0.1) is 5.92 Å². The third kappa shape index (κ3) is 6.54. The molecule has 196 valence electrons. The summed E-state index contributed by atoms with van der Waals surface area (Å²) >= 11 is 7.25. The van der Waals surface area contributed by atoms with Crippen molar-refractivity contribution >= 4 is 50.6 Å². The third-order valence-electron chi connectivity index (χ3n) is 6.48. The molecule has 3 N–H and O–H groups in total. The largest absolute Gasteiger partial charge is 0.349 e. The van der Waals surface area contributed by atoms with Gasteiger partial charge in [-0.25, -0.2) is 4.98 Å². The van der Waals surface area contributed by atoms with Crippen LogP contribution in [0.2, 0.25) is 5.02 Å². The molecule has 1 aliphatic heterocycles. The van der Waals surface area contributed by atoms with E-state index < -0.39 is 22.3 Å². The van der Waals surface area contributed by atoms with Crippen molar-refractivity contribution < 1.29 is 18.0 Å². The van der Waals surface area contributed by atoms with Crippen LogP contribution in [0.15, 0.2) is 24.3 Å². The van der Waals surface area contributed by atoms with Gasteiger partial charge in [0.05, 0.1) is 5.69 Å². The number of fused-ring (bicyclic) bond motifs is 1. The highest BCUT2D eigenvalue weighted by Crippen LogP contribution is 2.29. The molecule has 2 amide bonds. The highest BCUT2D eigenvalue weighted by atomic mass is 35.5. The minimum absolute atomic E-state index is 0.0393. The lowest BCUT2D eigenvalue weighted by molar-refractivity contribution is -0.134. The fraction of sp³-hybridized carbons (Fsp3) is 0.522. The van der Waals surface area contributed by atoms with E-state index in [0.29, 0.717) is 35.0 Å². The SMILES string of the molecule is CN1CCc2nc(C(=O)N[C@@H]3CC(C(=O)N(C)C)CC[C@@H]3NS(=O)(=O)Nc3ccc(Cl)cc3)sc2C1. The quantitative estimate of drug-likeness (QED) is 0.481. The second-order valence-corrected chi connectivity index (χ2v) is 12.5. The molecule has 2 aromatic rings. The average Bonchev–Trinajstić information content (AvgIpc) is 3.24. The number of rotatable bonds is 7. The van der Waals surface area contributed by atoms with Crippen molar-refractivity contribution in [3.63, 3.8) is 0 Å². The summed E-state index contributed by atoms with van der Waals surface area (Å²) in [6.07, 6.45) is 2.02. The van der Waals surface area contributed by atoms with Crippen LogP contribution >= 0.6 is 22.9 Å². The molecule has 1 aromatic carbocycles. The molecular formula is C23H31ClN6O4S2. The molecule has 36 heavy (non-hydrogen) atoms. The molecule has 1 aromatic heterocycles. The Morgan fingerprint density at radius 2 is 1.89 bits per heavy atom. The molecule has 4 rings (SSSR count). The number of benzene rings is 1. The van der Waals surface area contributed by atoms with Gasteiger partial charge in [-0.2, -0.15) is 13.1 Å². The number of hydrogen-bond acceptors (Lipinski definition) is 7. The lowest BCUT2D eigenvalue weighted by Gasteiger charge is -2.36. The van der Waals surface area contributed by atoms with Crippen LogP contribution in [-0.4, -0.2) is 74.8 Å². The number of halogens is 1. The van der Waals surface area contributed by atoms with E-state index in [1.165, 1.54) is 16.2 Å².